The van der Waals surface area contributed by atoms with E-state index in [4.69, 9.17) is 5.73 Å². The minimum Gasteiger partial charge on any atom is -0.486 e. The zero-order valence-electron chi connectivity index (χ0n) is 5.38. The fourth-order valence-electron chi connectivity index (χ4n) is 0.234. The van der Waals surface area contributed by atoms with Crippen LogP contribution in [0.5, 0.6) is 0 Å². The summed E-state index contributed by atoms with van der Waals surface area (Å²) in [4.78, 5) is 0. The summed E-state index contributed by atoms with van der Waals surface area (Å²) in [5, 5.41) is 0.314. The van der Waals surface area contributed by atoms with E-state index >= 15 is 0 Å². The molecule has 2 N–H and O–H groups in total. The van der Waals surface area contributed by atoms with E-state index in [1.165, 1.54) is 20.3 Å². The number of methoxy groups -OCH3 is 2. The molecule has 0 aliphatic carbocycles. The zero-order valence-corrected chi connectivity index (χ0v) is 6.20. The monoisotopic (exact) mass is 147 g/mol. The van der Waals surface area contributed by atoms with Crippen molar-refractivity contribution in [1.29, 1.82) is 0 Å². The normalized spacial score (nSPS) is 10.7. The average Bonchev–Trinajstić information content (AvgIpc) is 1.87. The Bertz CT molecular complexity index is 133. The fourth-order valence-corrected chi connectivity index (χ4v) is 0.350. The van der Waals surface area contributed by atoms with Gasteiger partial charge in [0.2, 0.25) is 0 Å². The smallest absolute Gasteiger partial charge is 0.188 e. The summed E-state index contributed by atoms with van der Waals surface area (Å²) in [6.07, 6.45) is 1.43. The Balaban J connectivity index is 3.79. The van der Waals surface area contributed by atoms with Gasteiger partial charge in [-0.2, -0.15) is 0 Å². The summed E-state index contributed by atoms with van der Waals surface area (Å²) < 4.78 is 9.21. The molecular weight excluding hydrogens is 138 g/mol. The molecule has 0 bridgehead atoms. The molecule has 0 aromatic carbocycles. The Labute approximate surface area is 59.4 Å². The van der Waals surface area contributed by atoms with Gasteiger partial charge in [-0.15, -0.1) is 0 Å². The van der Waals surface area contributed by atoms with E-state index in [1.807, 2.05) is 0 Å². The Morgan fingerprint density at radius 3 is 2.33 bits per heavy atom. The van der Waals surface area contributed by atoms with E-state index < -0.39 is 0 Å². The van der Waals surface area contributed by atoms with E-state index in [-0.39, 0.29) is 5.88 Å². The third-order valence-electron chi connectivity index (χ3n) is 0.697. The van der Waals surface area contributed by atoms with Gasteiger partial charge >= 0.3 is 0 Å². The van der Waals surface area contributed by atoms with E-state index in [1.54, 1.807) is 0 Å². The Kier molecular flexibility index (Phi) is 3.79. The predicted octanol–water partition coefficient (Wildman–Crippen LogP) is 0.407. The summed E-state index contributed by atoms with van der Waals surface area (Å²) in [7, 11) is 2.94. The molecule has 0 aromatic rings. The molecule has 4 heteroatoms. The highest BCUT2D eigenvalue weighted by atomic mass is 32.1. The molecule has 0 saturated carbocycles. The van der Waals surface area contributed by atoms with Crippen molar-refractivity contribution < 1.29 is 9.47 Å². The quantitative estimate of drug-likeness (QED) is 0.349. The molecule has 0 amide bonds. The van der Waals surface area contributed by atoms with Crippen LogP contribution in [-0.2, 0) is 9.47 Å². The predicted molar refractivity (Wildman–Crippen MR) is 38.9 cm³/mol. The van der Waals surface area contributed by atoms with Gasteiger partial charge in [0.15, 0.2) is 10.9 Å². The van der Waals surface area contributed by atoms with Crippen LogP contribution in [0.4, 0.5) is 0 Å². The minimum atomic E-state index is 0.252. The van der Waals surface area contributed by atoms with Gasteiger partial charge in [0.1, 0.15) is 0 Å². The lowest BCUT2D eigenvalue weighted by Crippen LogP contribution is -2.03. The van der Waals surface area contributed by atoms with Crippen molar-refractivity contribution in [1.82, 2.24) is 0 Å². The number of rotatable bonds is 2. The van der Waals surface area contributed by atoms with Crippen LogP contribution in [0.1, 0.15) is 0 Å². The van der Waals surface area contributed by atoms with Crippen LogP contribution in [-0.4, -0.2) is 19.3 Å². The van der Waals surface area contributed by atoms with Crippen molar-refractivity contribution in [3.05, 3.63) is 12.0 Å². The summed E-state index contributed by atoms with van der Waals surface area (Å²) in [5.74, 6) is 0.252. The second kappa shape index (κ2) is 4.14. The zero-order chi connectivity index (χ0) is 7.28. The third-order valence-corrected chi connectivity index (χ3v) is 0.982. The van der Waals surface area contributed by atoms with Crippen LogP contribution in [0.15, 0.2) is 12.0 Å². The van der Waals surface area contributed by atoms with E-state index in [0.717, 1.165) is 0 Å². The maximum Gasteiger partial charge on any atom is 0.188 e. The van der Waals surface area contributed by atoms with Crippen molar-refractivity contribution >= 4 is 17.3 Å². The van der Waals surface area contributed by atoms with Crippen molar-refractivity contribution in [2.24, 2.45) is 5.73 Å². The summed E-state index contributed by atoms with van der Waals surface area (Å²) >= 11 is 4.64. The Morgan fingerprint density at radius 2 is 2.00 bits per heavy atom. The molecular formula is C5H9NO2S. The molecule has 9 heavy (non-hydrogen) atoms. The van der Waals surface area contributed by atoms with Crippen LogP contribution in [0.25, 0.3) is 0 Å². The second-order valence-electron chi connectivity index (χ2n) is 1.27. The van der Waals surface area contributed by atoms with Crippen LogP contribution in [0.3, 0.4) is 0 Å². The van der Waals surface area contributed by atoms with Crippen LogP contribution in [0, 0.1) is 0 Å². The first kappa shape index (κ1) is 8.23. The van der Waals surface area contributed by atoms with Gasteiger partial charge in [0.25, 0.3) is 0 Å². The van der Waals surface area contributed by atoms with Crippen LogP contribution in [0.2, 0.25) is 0 Å². The highest BCUT2D eigenvalue weighted by molar-refractivity contribution is 7.80. The van der Waals surface area contributed by atoms with Crippen molar-refractivity contribution in [3.8, 4) is 0 Å². The molecule has 0 rings (SSSR count). The number of hydrogen-bond donors (Lipinski definition) is 1. The molecule has 0 saturated heterocycles. The fraction of sp³-hybridized carbons (Fsp3) is 0.400. The molecule has 0 unspecified atom stereocenters. The first-order valence-corrected chi connectivity index (χ1v) is 2.70. The molecule has 52 valence electrons. The van der Waals surface area contributed by atoms with Crippen LogP contribution >= 0.6 is 12.2 Å². The van der Waals surface area contributed by atoms with E-state index in [2.05, 4.69) is 21.7 Å². The summed E-state index contributed by atoms with van der Waals surface area (Å²) in [6.45, 7) is 0. The Hall–Kier alpha value is -0.770. The first-order valence-electron chi connectivity index (χ1n) is 2.29. The maximum atomic E-state index is 5.22. The molecule has 0 aromatic heterocycles. The highest BCUT2D eigenvalue weighted by Gasteiger charge is 1.89. The van der Waals surface area contributed by atoms with Crippen LogP contribution < -0.4 is 5.73 Å². The van der Waals surface area contributed by atoms with Crippen molar-refractivity contribution in [2.75, 3.05) is 14.2 Å². The van der Waals surface area contributed by atoms with Gasteiger partial charge in [-0.1, -0.05) is 0 Å². The summed E-state index contributed by atoms with van der Waals surface area (Å²) in [5.41, 5.74) is 5.22. The Morgan fingerprint density at radius 1 is 1.44 bits per heavy atom. The largest absolute Gasteiger partial charge is 0.486 e. The van der Waals surface area contributed by atoms with E-state index in [0.29, 0.717) is 5.05 Å². The lowest BCUT2D eigenvalue weighted by atomic mass is 10.6. The molecule has 0 spiro atoms. The summed E-state index contributed by atoms with van der Waals surface area (Å²) in [6, 6.07) is 0. The standard InChI is InChI=1S/C5H9NO2S/c1-7-4(6)3-5(9)8-2/h3H,6H2,1-2H3/b4-3+. The number of ether oxygens (including phenoxy) is 2. The van der Waals surface area contributed by atoms with Gasteiger partial charge in [-0.05, 0) is 12.2 Å². The lowest BCUT2D eigenvalue weighted by molar-refractivity contribution is 0.286. The number of nitrogens with two attached hydrogens (primary N) is 1. The lowest BCUT2D eigenvalue weighted by Gasteiger charge is -1.97. The van der Waals surface area contributed by atoms with Gasteiger partial charge in [-0.3, -0.25) is 0 Å². The van der Waals surface area contributed by atoms with Gasteiger partial charge in [0, 0.05) is 0 Å². The molecule has 0 aliphatic heterocycles. The van der Waals surface area contributed by atoms with Gasteiger partial charge in [-0.25, -0.2) is 0 Å². The molecule has 0 radical (unpaired) electrons. The molecule has 0 heterocycles. The van der Waals surface area contributed by atoms with Crippen molar-refractivity contribution in [3.63, 3.8) is 0 Å². The molecule has 0 atom stereocenters. The average molecular weight is 147 g/mol. The first-order chi connectivity index (χ1) is 4.20. The minimum absolute atomic E-state index is 0.252. The number of thiocarbonyl (C=S) groups is 1. The van der Waals surface area contributed by atoms with Gasteiger partial charge < -0.3 is 15.2 Å². The second-order valence-corrected chi connectivity index (χ2v) is 1.68. The maximum absolute atomic E-state index is 5.22. The highest BCUT2D eigenvalue weighted by Crippen LogP contribution is 1.87. The SMILES string of the molecule is COC(=S)/C=C(\N)OC. The molecule has 0 aliphatic rings. The third kappa shape index (κ3) is 3.78. The molecule has 0 fully saturated rings. The van der Waals surface area contributed by atoms with E-state index in [9.17, 15) is 0 Å². The topological polar surface area (TPSA) is 44.5 Å². The van der Waals surface area contributed by atoms with Crippen molar-refractivity contribution in [2.45, 2.75) is 0 Å². The molecule has 3 nitrogen and oxygen atoms in total. The van der Waals surface area contributed by atoms with Gasteiger partial charge in [0.05, 0.1) is 20.3 Å². The number of hydrogen-bond acceptors (Lipinski definition) is 4.